The van der Waals surface area contributed by atoms with E-state index >= 15 is 0 Å². The molecule has 0 atom stereocenters. The summed E-state index contributed by atoms with van der Waals surface area (Å²) in [5.41, 5.74) is 0.826. The molecule has 0 aliphatic rings. The van der Waals surface area contributed by atoms with Crippen molar-refractivity contribution in [1.29, 1.82) is 0 Å². The van der Waals surface area contributed by atoms with Gasteiger partial charge in [0.2, 0.25) is 0 Å². The summed E-state index contributed by atoms with van der Waals surface area (Å²) in [5, 5.41) is 5.07. The summed E-state index contributed by atoms with van der Waals surface area (Å²) in [6.07, 6.45) is 3.45. The smallest absolute Gasteiger partial charge is 0.307 e. The fourth-order valence-electron chi connectivity index (χ4n) is 1.98. The second-order valence-corrected chi connectivity index (χ2v) is 4.05. The van der Waals surface area contributed by atoms with Crippen molar-refractivity contribution >= 4 is 22.5 Å². The molecular formula is C15H12N2O. The molecule has 0 radical (unpaired) electrons. The molecule has 2 aromatic carbocycles. The highest BCUT2D eigenvalue weighted by atomic mass is 16.2. The summed E-state index contributed by atoms with van der Waals surface area (Å²) in [4.78, 5) is 12.0. The SMILES string of the molecule is O=C(Nc1cccc2ccccc12)n1cccc1. The predicted octanol–water partition coefficient (Wildman–Crippen LogP) is 3.72. The van der Waals surface area contributed by atoms with Gasteiger partial charge in [-0.3, -0.25) is 4.57 Å². The van der Waals surface area contributed by atoms with Gasteiger partial charge in [-0.25, -0.2) is 4.79 Å². The summed E-state index contributed by atoms with van der Waals surface area (Å²) in [6.45, 7) is 0. The third-order valence-corrected chi connectivity index (χ3v) is 2.87. The molecule has 3 rings (SSSR count). The molecule has 0 spiro atoms. The van der Waals surface area contributed by atoms with Crippen LogP contribution in [0, 0.1) is 0 Å². The highest BCUT2D eigenvalue weighted by molar-refractivity contribution is 6.02. The molecule has 0 aliphatic carbocycles. The molecular weight excluding hydrogens is 224 g/mol. The Morgan fingerprint density at radius 1 is 0.889 bits per heavy atom. The minimum atomic E-state index is -0.156. The van der Waals surface area contributed by atoms with E-state index in [2.05, 4.69) is 5.32 Å². The first-order chi connectivity index (χ1) is 8.84. The molecule has 3 heteroatoms. The first kappa shape index (κ1) is 10.6. The highest BCUT2D eigenvalue weighted by Crippen LogP contribution is 2.22. The van der Waals surface area contributed by atoms with Gasteiger partial charge in [0.15, 0.2) is 0 Å². The third kappa shape index (κ3) is 1.86. The summed E-state index contributed by atoms with van der Waals surface area (Å²) in [5.74, 6) is 0. The van der Waals surface area contributed by atoms with Crippen molar-refractivity contribution in [1.82, 2.24) is 4.57 Å². The normalized spacial score (nSPS) is 10.4. The number of fused-ring (bicyclic) bond motifs is 1. The Hall–Kier alpha value is -2.55. The molecule has 0 aliphatic heterocycles. The minimum Gasteiger partial charge on any atom is -0.307 e. The van der Waals surface area contributed by atoms with E-state index in [9.17, 15) is 4.79 Å². The lowest BCUT2D eigenvalue weighted by Gasteiger charge is -2.08. The summed E-state index contributed by atoms with van der Waals surface area (Å²) >= 11 is 0. The topological polar surface area (TPSA) is 34.0 Å². The van der Waals surface area contributed by atoms with Gasteiger partial charge >= 0.3 is 6.03 Å². The maximum Gasteiger partial charge on any atom is 0.329 e. The molecule has 0 saturated heterocycles. The Morgan fingerprint density at radius 2 is 1.61 bits per heavy atom. The van der Waals surface area contributed by atoms with Crippen molar-refractivity contribution < 1.29 is 4.79 Å². The number of carbonyl (C=O) groups excluding carboxylic acids is 1. The molecule has 1 aromatic heterocycles. The van der Waals surface area contributed by atoms with E-state index < -0.39 is 0 Å². The van der Waals surface area contributed by atoms with Crippen LogP contribution in [0.15, 0.2) is 67.0 Å². The Kier molecular flexibility index (Phi) is 2.57. The number of aromatic nitrogens is 1. The monoisotopic (exact) mass is 236 g/mol. The van der Waals surface area contributed by atoms with Crippen LogP contribution in [0.2, 0.25) is 0 Å². The van der Waals surface area contributed by atoms with Crippen LogP contribution in [0.25, 0.3) is 10.8 Å². The van der Waals surface area contributed by atoms with Gasteiger partial charge in [-0.05, 0) is 23.6 Å². The molecule has 1 heterocycles. The van der Waals surface area contributed by atoms with E-state index in [4.69, 9.17) is 0 Å². The quantitative estimate of drug-likeness (QED) is 0.686. The molecule has 0 unspecified atom stereocenters. The number of anilines is 1. The Morgan fingerprint density at radius 3 is 2.44 bits per heavy atom. The molecule has 1 amide bonds. The molecule has 88 valence electrons. The largest absolute Gasteiger partial charge is 0.329 e. The van der Waals surface area contributed by atoms with Gasteiger partial charge in [0.25, 0.3) is 0 Å². The van der Waals surface area contributed by atoms with Crippen molar-refractivity contribution in [2.75, 3.05) is 5.32 Å². The van der Waals surface area contributed by atoms with Crippen LogP contribution in [0.5, 0.6) is 0 Å². The van der Waals surface area contributed by atoms with E-state index in [1.54, 1.807) is 12.4 Å². The number of hydrogen-bond donors (Lipinski definition) is 1. The van der Waals surface area contributed by atoms with Crippen molar-refractivity contribution in [3.63, 3.8) is 0 Å². The number of nitrogens with one attached hydrogen (secondary N) is 1. The number of benzene rings is 2. The molecule has 0 saturated carbocycles. The number of nitrogens with zero attached hydrogens (tertiary/aromatic N) is 1. The lowest BCUT2D eigenvalue weighted by atomic mass is 10.1. The zero-order valence-corrected chi connectivity index (χ0v) is 9.71. The first-order valence-electron chi connectivity index (χ1n) is 5.77. The summed E-state index contributed by atoms with van der Waals surface area (Å²) in [7, 11) is 0. The zero-order valence-electron chi connectivity index (χ0n) is 9.71. The van der Waals surface area contributed by atoms with Crippen molar-refractivity contribution in [2.24, 2.45) is 0 Å². The van der Waals surface area contributed by atoms with Gasteiger partial charge in [0.05, 0.1) is 5.69 Å². The van der Waals surface area contributed by atoms with Crippen LogP contribution in [-0.2, 0) is 0 Å². The van der Waals surface area contributed by atoms with Gasteiger partial charge in [0, 0.05) is 17.8 Å². The van der Waals surface area contributed by atoms with E-state index in [1.807, 2.05) is 54.6 Å². The maximum atomic E-state index is 12.0. The maximum absolute atomic E-state index is 12.0. The van der Waals surface area contributed by atoms with Gasteiger partial charge in [0.1, 0.15) is 0 Å². The molecule has 18 heavy (non-hydrogen) atoms. The van der Waals surface area contributed by atoms with E-state index in [1.165, 1.54) is 4.57 Å². The van der Waals surface area contributed by atoms with E-state index in [-0.39, 0.29) is 6.03 Å². The standard InChI is InChI=1S/C15H12N2O/c18-15(17-10-3-4-11-17)16-14-9-5-7-12-6-1-2-8-13(12)14/h1-11H,(H,16,18). The minimum absolute atomic E-state index is 0.156. The molecule has 3 nitrogen and oxygen atoms in total. The zero-order chi connectivity index (χ0) is 12.4. The predicted molar refractivity (Wildman–Crippen MR) is 72.8 cm³/mol. The highest BCUT2D eigenvalue weighted by Gasteiger charge is 2.05. The first-order valence-corrected chi connectivity index (χ1v) is 5.77. The number of rotatable bonds is 1. The van der Waals surface area contributed by atoms with Crippen LogP contribution >= 0.6 is 0 Å². The second kappa shape index (κ2) is 4.37. The van der Waals surface area contributed by atoms with Gasteiger partial charge in [-0.2, -0.15) is 0 Å². The second-order valence-electron chi connectivity index (χ2n) is 4.05. The Balaban J connectivity index is 1.98. The number of hydrogen-bond acceptors (Lipinski definition) is 1. The lowest BCUT2D eigenvalue weighted by Crippen LogP contribution is -2.17. The Bertz CT molecular complexity index is 681. The third-order valence-electron chi connectivity index (χ3n) is 2.87. The molecule has 3 aromatic rings. The summed E-state index contributed by atoms with van der Waals surface area (Å²) in [6, 6.07) is 17.3. The number of amides is 1. The summed E-state index contributed by atoms with van der Waals surface area (Å²) < 4.78 is 1.52. The van der Waals surface area contributed by atoms with Crippen LogP contribution in [0.3, 0.4) is 0 Å². The lowest BCUT2D eigenvalue weighted by molar-refractivity contribution is 0.253. The van der Waals surface area contributed by atoms with Crippen LogP contribution in [0.1, 0.15) is 0 Å². The van der Waals surface area contributed by atoms with Gasteiger partial charge in [-0.15, -0.1) is 0 Å². The fourth-order valence-corrected chi connectivity index (χ4v) is 1.98. The fraction of sp³-hybridized carbons (Fsp3) is 0. The Labute approximate surface area is 105 Å². The van der Waals surface area contributed by atoms with Crippen molar-refractivity contribution in [3.05, 3.63) is 67.0 Å². The van der Waals surface area contributed by atoms with Gasteiger partial charge in [-0.1, -0.05) is 36.4 Å². The molecule has 0 fully saturated rings. The number of carbonyl (C=O) groups is 1. The van der Waals surface area contributed by atoms with Crippen LogP contribution < -0.4 is 5.32 Å². The van der Waals surface area contributed by atoms with E-state index in [0.717, 1.165) is 16.5 Å². The van der Waals surface area contributed by atoms with E-state index in [0.29, 0.717) is 0 Å². The van der Waals surface area contributed by atoms with Crippen LogP contribution in [0.4, 0.5) is 10.5 Å². The van der Waals surface area contributed by atoms with Crippen molar-refractivity contribution in [2.45, 2.75) is 0 Å². The molecule has 1 N–H and O–H groups in total. The van der Waals surface area contributed by atoms with Crippen LogP contribution in [-0.4, -0.2) is 10.6 Å². The average molecular weight is 236 g/mol. The average Bonchev–Trinajstić information content (AvgIpc) is 2.93. The van der Waals surface area contributed by atoms with Gasteiger partial charge < -0.3 is 5.32 Å². The van der Waals surface area contributed by atoms with Crippen molar-refractivity contribution in [3.8, 4) is 0 Å². The molecule has 0 bridgehead atoms.